The highest BCUT2D eigenvalue weighted by atomic mass is 16.5. The van der Waals surface area contributed by atoms with Crippen molar-refractivity contribution in [3.63, 3.8) is 0 Å². The number of hydrogen-bond acceptors (Lipinski definition) is 15. The van der Waals surface area contributed by atoms with E-state index in [2.05, 4.69) is 127 Å². The van der Waals surface area contributed by atoms with Crippen molar-refractivity contribution >= 4 is 35.6 Å². The summed E-state index contributed by atoms with van der Waals surface area (Å²) in [6.45, 7) is 55.2. The fourth-order valence-electron chi connectivity index (χ4n) is 16.6. The van der Waals surface area contributed by atoms with Crippen LogP contribution in [0.2, 0.25) is 0 Å². The Balaban J connectivity index is 0.00000161. The average molecular weight is 1540 g/mol. The number of rotatable bonds is 56. The Morgan fingerprint density at radius 2 is 0.688 bits per heavy atom. The lowest BCUT2D eigenvalue weighted by Crippen LogP contribution is -2.47. The summed E-state index contributed by atoms with van der Waals surface area (Å²) < 4.78 is 17.7. The van der Waals surface area contributed by atoms with Gasteiger partial charge in [0, 0.05) is 90.7 Å². The Morgan fingerprint density at radius 3 is 0.954 bits per heavy atom. The van der Waals surface area contributed by atoms with Crippen molar-refractivity contribution in [1.29, 1.82) is 0 Å². The number of amides is 3. The third-order valence-corrected chi connectivity index (χ3v) is 24.1. The van der Waals surface area contributed by atoms with Gasteiger partial charge in [-0.1, -0.05) is 180 Å². The van der Waals surface area contributed by atoms with Crippen LogP contribution in [0.15, 0.2) is 36.8 Å². The van der Waals surface area contributed by atoms with Gasteiger partial charge < -0.3 is 59.6 Å². The van der Waals surface area contributed by atoms with Crippen LogP contribution in [0.5, 0.6) is 0 Å². The van der Waals surface area contributed by atoms with E-state index in [0.717, 1.165) is 166 Å². The molecule has 10 unspecified atom stereocenters. The summed E-state index contributed by atoms with van der Waals surface area (Å²) >= 11 is 0. The van der Waals surface area contributed by atoms with Crippen LogP contribution in [0.1, 0.15) is 337 Å². The van der Waals surface area contributed by atoms with Crippen LogP contribution in [0.4, 0.5) is 0 Å². The van der Waals surface area contributed by atoms with Gasteiger partial charge in [-0.2, -0.15) is 0 Å². The highest BCUT2D eigenvalue weighted by Gasteiger charge is 2.50. The number of allylic oxidation sites excluding steroid dienone is 3. The summed E-state index contributed by atoms with van der Waals surface area (Å²) in [5.74, 6) is 0.0178. The van der Waals surface area contributed by atoms with Crippen molar-refractivity contribution < 1.29 is 43.0 Å². The Bertz CT molecular complexity index is 2600. The topological polar surface area (TPSA) is 186 Å². The molecule has 18 heteroatoms. The van der Waals surface area contributed by atoms with Crippen LogP contribution < -0.4 is 16.0 Å². The second kappa shape index (κ2) is 54.9. The minimum atomic E-state index is -0.753. The van der Waals surface area contributed by atoms with Gasteiger partial charge in [-0.25, -0.2) is 0 Å². The van der Waals surface area contributed by atoms with E-state index in [9.17, 15) is 28.8 Å². The molecule has 3 rings (SSSR count). The second-order valence-corrected chi connectivity index (χ2v) is 35.8. The SMILES string of the molecule is C.C=C1CCCN1C(C)CC(C)(CC(C)(CC)C(=O)NCCCN(C)C)C(=O)OCC(CC)CCCC.C=C1CCCN1C(C)CC(C)(CC(C)(CC)C(=O)NCCCN(C)C)C(=O)OCCCC.C=C1CCCN1C(C)CC(C)(CC(C)(CC)C(=O)NCCCN(C)C)C(=O)OCCCCCCCCCCCC. The summed E-state index contributed by atoms with van der Waals surface area (Å²) in [6.07, 6.45) is 33.3. The number of carbonyl (C=O) groups excluding carboxylic acids is 6. The van der Waals surface area contributed by atoms with E-state index in [1.165, 1.54) is 51.4 Å². The molecule has 0 spiro atoms. The second-order valence-electron chi connectivity index (χ2n) is 35.8. The molecule has 0 saturated carbocycles. The predicted molar refractivity (Wildman–Crippen MR) is 459 cm³/mol. The zero-order chi connectivity index (χ0) is 81.7. The lowest BCUT2D eigenvalue weighted by atomic mass is 9.68. The first-order valence-corrected chi connectivity index (χ1v) is 43.5. The van der Waals surface area contributed by atoms with Gasteiger partial charge in [-0.15, -0.1) is 0 Å². The van der Waals surface area contributed by atoms with E-state index in [-0.39, 0.29) is 61.2 Å². The number of hydrogen-bond donors (Lipinski definition) is 3. The largest absolute Gasteiger partial charge is 0.465 e. The van der Waals surface area contributed by atoms with E-state index in [0.29, 0.717) is 103 Å². The van der Waals surface area contributed by atoms with Crippen LogP contribution in [0, 0.1) is 38.4 Å². The molecule has 3 amide bonds. The molecule has 3 N–H and O–H groups in total. The standard InChI is InChI=1S/C34H65N3O3.C30H57N3O3.C26H49N3O3.CH4/c1-9-11-12-13-14-15-16-17-18-19-26-40-32(39)34(6,27-30(4)37-25-20-22-29(37)3)28-33(5,10-2)31(38)35-23-21-24-36(7)8;1-10-13-17-26(11-2)22-36-28(35)30(7,21-25(5)33-20-14-16-24(33)4)23-29(6,12-3)27(34)31-18-15-19-32(8)9;1-9-11-18-32-24(31)26(6,19-22(4)29-17-12-14-21(29)3)20-25(5,10-2)23(30)27-15-13-16-28(7)8;/h30H,3,9-28H2,1-2,4-8H3,(H,35,38);25-26H,4,10-23H2,1-3,5-9H3,(H,31,34);22H,3,9-20H2,1-2,4-8H3,(H,27,30);1H4. The van der Waals surface area contributed by atoms with Gasteiger partial charge in [-0.05, 0) is 244 Å². The molecule has 0 bridgehead atoms. The maximum Gasteiger partial charge on any atom is 0.311 e. The maximum atomic E-state index is 13.7. The Morgan fingerprint density at radius 1 is 0.404 bits per heavy atom. The van der Waals surface area contributed by atoms with Gasteiger partial charge in [0.1, 0.15) is 0 Å². The first-order chi connectivity index (χ1) is 50.9. The maximum absolute atomic E-state index is 13.7. The van der Waals surface area contributed by atoms with Crippen molar-refractivity contribution in [3.05, 3.63) is 36.8 Å². The molecule has 3 saturated heterocycles. The van der Waals surface area contributed by atoms with Gasteiger partial charge in [0.25, 0.3) is 0 Å². The zero-order valence-electron chi connectivity index (χ0n) is 74.3. The minimum absolute atomic E-state index is 0. The fourth-order valence-corrected chi connectivity index (χ4v) is 16.6. The molecular weight excluding hydrogens is 1360 g/mol. The van der Waals surface area contributed by atoms with E-state index >= 15 is 0 Å². The third kappa shape index (κ3) is 38.8. The molecule has 3 heterocycles. The van der Waals surface area contributed by atoms with Crippen LogP contribution in [-0.4, -0.2) is 204 Å². The molecule has 0 aromatic rings. The highest BCUT2D eigenvalue weighted by molar-refractivity contribution is 5.86. The van der Waals surface area contributed by atoms with E-state index in [1.807, 2.05) is 90.8 Å². The van der Waals surface area contributed by atoms with Crippen molar-refractivity contribution in [3.8, 4) is 0 Å². The van der Waals surface area contributed by atoms with Crippen LogP contribution >= 0.6 is 0 Å². The Hall–Kier alpha value is -4.68. The predicted octanol–water partition coefficient (Wildman–Crippen LogP) is 19.0. The van der Waals surface area contributed by atoms with Gasteiger partial charge in [0.15, 0.2) is 0 Å². The van der Waals surface area contributed by atoms with E-state index in [4.69, 9.17) is 14.2 Å². The van der Waals surface area contributed by atoms with E-state index in [1.54, 1.807) is 0 Å². The fraction of sp³-hybridized carbons (Fsp3) is 0.868. The van der Waals surface area contributed by atoms with Crippen molar-refractivity contribution in [2.24, 2.45) is 38.4 Å². The molecule has 109 heavy (non-hydrogen) atoms. The molecule has 638 valence electrons. The van der Waals surface area contributed by atoms with Crippen LogP contribution in [-0.2, 0) is 43.0 Å². The number of nitrogens with zero attached hydrogens (tertiary/aromatic N) is 6. The summed E-state index contributed by atoms with van der Waals surface area (Å²) in [6, 6.07) is 0.524. The van der Waals surface area contributed by atoms with Crippen molar-refractivity contribution in [1.82, 2.24) is 45.3 Å². The molecule has 18 nitrogen and oxygen atoms in total. The lowest BCUT2D eigenvalue weighted by molar-refractivity contribution is -0.161. The monoisotopic (exact) mass is 1540 g/mol. The first-order valence-electron chi connectivity index (χ1n) is 43.5. The van der Waals surface area contributed by atoms with E-state index < -0.39 is 32.5 Å². The Labute approximate surface area is 671 Å². The normalized spacial score (nSPS) is 18.2. The quantitative estimate of drug-likeness (QED) is 0.0296. The number of nitrogens with one attached hydrogen (secondary N) is 3. The van der Waals surface area contributed by atoms with Gasteiger partial charge in [0.2, 0.25) is 17.7 Å². The summed E-state index contributed by atoms with van der Waals surface area (Å²) in [5.41, 5.74) is -0.670. The third-order valence-electron chi connectivity index (χ3n) is 24.1. The average Bonchev–Trinajstić information content (AvgIpc) is 1.49. The molecular formula is C91H175N9O9. The zero-order valence-corrected chi connectivity index (χ0v) is 74.3. The lowest BCUT2D eigenvalue weighted by Gasteiger charge is -2.40. The van der Waals surface area contributed by atoms with Gasteiger partial charge in [0.05, 0.1) is 36.1 Å². The highest BCUT2D eigenvalue weighted by Crippen LogP contribution is 2.46. The van der Waals surface area contributed by atoms with Crippen LogP contribution in [0.25, 0.3) is 0 Å². The van der Waals surface area contributed by atoms with Crippen molar-refractivity contribution in [2.45, 2.75) is 355 Å². The summed E-state index contributed by atoms with van der Waals surface area (Å²) in [7, 11) is 12.2. The number of ether oxygens (including phenoxy) is 3. The first kappa shape index (κ1) is 104. The number of carbonyl (C=O) groups is 6. The summed E-state index contributed by atoms with van der Waals surface area (Å²) in [4.78, 5) is 94.1. The molecule has 0 radical (unpaired) electrons. The molecule has 0 aromatic heterocycles. The van der Waals surface area contributed by atoms with Gasteiger partial charge >= 0.3 is 17.9 Å². The number of likely N-dealkylation sites (tertiary alicyclic amines) is 3. The Kier molecular flexibility index (Phi) is 52.6. The molecule has 0 aliphatic carbocycles. The molecule has 10 atom stereocenters. The van der Waals surface area contributed by atoms with Gasteiger partial charge in [-0.3, -0.25) is 28.8 Å². The smallest absolute Gasteiger partial charge is 0.311 e. The molecule has 3 fully saturated rings. The van der Waals surface area contributed by atoms with Crippen LogP contribution in [0.3, 0.4) is 0 Å². The summed E-state index contributed by atoms with van der Waals surface area (Å²) in [5, 5.41) is 9.42. The number of unbranched alkanes of at least 4 members (excludes halogenated alkanes) is 11. The minimum Gasteiger partial charge on any atom is -0.465 e. The number of esters is 3. The molecule has 3 aliphatic rings. The molecule has 0 aromatic carbocycles. The van der Waals surface area contributed by atoms with Crippen molar-refractivity contribution in [2.75, 3.05) is 121 Å². The molecule has 3 aliphatic heterocycles.